The number of ether oxygens (including phenoxy) is 2. The first-order valence-electron chi connectivity index (χ1n) is 10.1. The summed E-state index contributed by atoms with van der Waals surface area (Å²) in [5, 5.41) is 2.49. The van der Waals surface area contributed by atoms with Gasteiger partial charge in [0.25, 0.3) is 5.91 Å². The van der Waals surface area contributed by atoms with E-state index in [4.69, 9.17) is 9.47 Å². The first-order valence-corrected chi connectivity index (χ1v) is 10.1. The number of alkyl carbamates (subject to hydrolysis) is 1. The van der Waals surface area contributed by atoms with Crippen LogP contribution in [0.25, 0.3) is 0 Å². The Hall–Kier alpha value is -3.30. The molecule has 0 unspecified atom stereocenters. The zero-order chi connectivity index (χ0) is 23.0. The molecule has 1 saturated heterocycles. The number of rotatable bonds is 5. The number of likely N-dealkylation sites (tertiary alicyclic amines) is 1. The van der Waals surface area contributed by atoms with E-state index >= 15 is 0 Å². The quantitative estimate of drug-likeness (QED) is 0.607. The fraction of sp³-hybridized carbons (Fsp3) is 0.524. The standard InChI is InChI=1S/C21H30N4O6/c1-14(22-19(28)30-13-15-9-6-5-7-10-15)18(27)25-12-8-11-16(25)17(26)23-24-20(29)31-21(2,3)4/h5-7,9-10,14,16H,8,11-13H2,1-4H3,(H,22,28)(H,23,26)(H,24,29)/t14-,16-/m0/s1. The fourth-order valence-corrected chi connectivity index (χ4v) is 3.05. The predicted molar refractivity (Wildman–Crippen MR) is 111 cm³/mol. The Morgan fingerprint density at radius 1 is 1.10 bits per heavy atom. The molecule has 1 aromatic carbocycles. The summed E-state index contributed by atoms with van der Waals surface area (Å²) in [5.41, 5.74) is 4.58. The zero-order valence-corrected chi connectivity index (χ0v) is 18.3. The minimum Gasteiger partial charge on any atom is -0.445 e. The highest BCUT2D eigenvalue weighted by Crippen LogP contribution is 2.18. The van der Waals surface area contributed by atoms with Crippen LogP contribution in [0.4, 0.5) is 9.59 Å². The number of benzene rings is 1. The molecule has 1 aliphatic heterocycles. The molecule has 10 nitrogen and oxygen atoms in total. The summed E-state index contributed by atoms with van der Waals surface area (Å²) < 4.78 is 10.2. The summed E-state index contributed by atoms with van der Waals surface area (Å²) in [6.45, 7) is 7.08. The number of carbonyl (C=O) groups is 4. The van der Waals surface area contributed by atoms with Crippen LogP contribution in [0, 0.1) is 0 Å². The second-order valence-corrected chi connectivity index (χ2v) is 8.23. The molecule has 3 N–H and O–H groups in total. The summed E-state index contributed by atoms with van der Waals surface area (Å²) in [6.07, 6.45) is -0.454. The molecule has 0 saturated carbocycles. The molecule has 1 heterocycles. The zero-order valence-electron chi connectivity index (χ0n) is 18.3. The van der Waals surface area contributed by atoms with Crippen molar-refractivity contribution < 1.29 is 28.7 Å². The maximum absolute atomic E-state index is 12.8. The van der Waals surface area contributed by atoms with Gasteiger partial charge < -0.3 is 19.7 Å². The van der Waals surface area contributed by atoms with Crippen LogP contribution >= 0.6 is 0 Å². The molecule has 1 aliphatic rings. The third-order valence-electron chi connectivity index (χ3n) is 4.44. The highest BCUT2D eigenvalue weighted by atomic mass is 16.6. The average molecular weight is 434 g/mol. The molecule has 0 bridgehead atoms. The van der Waals surface area contributed by atoms with E-state index in [1.807, 2.05) is 30.3 Å². The van der Waals surface area contributed by atoms with Gasteiger partial charge in [0, 0.05) is 6.54 Å². The van der Waals surface area contributed by atoms with Crippen molar-refractivity contribution in [3.63, 3.8) is 0 Å². The van der Waals surface area contributed by atoms with Gasteiger partial charge in [-0.25, -0.2) is 15.0 Å². The van der Waals surface area contributed by atoms with Crippen molar-refractivity contribution in [2.45, 2.75) is 64.8 Å². The highest BCUT2D eigenvalue weighted by Gasteiger charge is 2.36. The Bertz CT molecular complexity index is 793. The SMILES string of the molecule is C[C@H](NC(=O)OCc1ccccc1)C(=O)N1CCC[C@H]1C(=O)NNC(=O)OC(C)(C)C. The van der Waals surface area contributed by atoms with Crippen LogP contribution in [0.15, 0.2) is 30.3 Å². The van der Waals surface area contributed by atoms with Gasteiger partial charge in [0.2, 0.25) is 5.91 Å². The van der Waals surface area contributed by atoms with Gasteiger partial charge in [0.05, 0.1) is 0 Å². The monoisotopic (exact) mass is 434 g/mol. The van der Waals surface area contributed by atoms with E-state index in [1.165, 1.54) is 11.8 Å². The van der Waals surface area contributed by atoms with E-state index in [9.17, 15) is 19.2 Å². The van der Waals surface area contributed by atoms with Gasteiger partial charge >= 0.3 is 12.2 Å². The number of hydrogen-bond donors (Lipinski definition) is 3. The average Bonchev–Trinajstić information content (AvgIpc) is 3.19. The Morgan fingerprint density at radius 3 is 2.42 bits per heavy atom. The fourth-order valence-electron chi connectivity index (χ4n) is 3.05. The Kier molecular flexibility index (Phi) is 8.23. The number of amides is 4. The summed E-state index contributed by atoms with van der Waals surface area (Å²) in [4.78, 5) is 50.3. The van der Waals surface area contributed by atoms with E-state index in [1.54, 1.807) is 20.8 Å². The lowest BCUT2D eigenvalue weighted by Gasteiger charge is -2.27. The minimum atomic E-state index is -0.879. The Morgan fingerprint density at radius 2 is 1.77 bits per heavy atom. The predicted octanol–water partition coefficient (Wildman–Crippen LogP) is 1.85. The van der Waals surface area contributed by atoms with Gasteiger partial charge in [-0.05, 0) is 46.1 Å². The van der Waals surface area contributed by atoms with Crippen LogP contribution < -0.4 is 16.2 Å². The van der Waals surface area contributed by atoms with Crippen molar-refractivity contribution in [1.29, 1.82) is 0 Å². The molecule has 10 heteroatoms. The van der Waals surface area contributed by atoms with E-state index < -0.39 is 41.7 Å². The van der Waals surface area contributed by atoms with E-state index in [0.29, 0.717) is 19.4 Å². The molecule has 0 radical (unpaired) electrons. The number of nitrogens with zero attached hydrogens (tertiary/aromatic N) is 1. The summed E-state index contributed by atoms with van der Waals surface area (Å²) in [6, 6.07) is 7.53. The largest absolute Gasteiger partial charge is 0.445 e. The molecule has 0 aromatic heterocycles. The van der Waals surface area contributed by atoms with Crippen molar-refractivity contribution in [3.05, 3.63) is 35.9 Å². The van der Waals surface area contributed by atoms with Gasteiger partial charge in [-0.15, -0.1) is 0 Å². The van der Waals surface area contributed by atoms with Gasteiger partial charge in [0.1, 0.15) is 24.3 Å². The number of hydrazine groups is 1. The topological polar surface area (TPSA) is 126 Å². The second-order valence-electron chi connectivity index (χ2n) is 8.23. The molecule has 2 rings (SSSR count). The van der Waals surface area contributed by atoms with E-state index in [2.05, 4.69) is 16.2 Å². The van der Waals surface area contributed by atoms with Crippen LogP contribution in [-0.2, 0) is 25.7 Å². The molecule has 170 valence electrons. The van der Waals surface area contributed by atoms with Crippen LogP contribution in [-0.4, -0.2) is 53.1 Å². The maximum Gasteiger partial charge on any atom is 0.426 e. The lowest BCUT2D eigenvalue weighted by atomic mass is 10.2. The summed E-state index contributed by atoms with van der Waals surface area (Å²) >= 11 is 0. The Balaban J connectivity index is 1.83. The number of nitrogens with one attached hydrogen (secondary N) is 3. The van der Waals surface area contributed by atoms with E-state index in [0.717, 1.165) is 5.56 Å². The first kappa shape index (κ1) is 24.0. The van der Waals surface area contributed by atoms with Crippen molar-refractivity contribution in [1.82, 2.24) is 21.1 Å². The molecule has 4 amide bonds. The molecule has 31 heavy (non-hydrogen) atoms. The van der Waals surface area contributed by atoms with Gasteiger partial charge in [-0.3, -0.25) is 15.0 Å². The molecule has 0 aliphatic carbocycles. The van der Waals surface area contributed by atoms with E-state index in [-0.39, 0.29) is 6.61 Å². The minimum absolute atomic E-state index is 0.0820. The Labute approximate surface area is 181 Å². The number of carbonyl (C=O) groups excluding carboxylic acids is 4. The second kappa shape index (κ2) is 10.6. The smallest absolute Gasteiger partial charge is 0.426 e. The van der Waals surface area contributed by atoms with Crippen LogP contribution in [0.3, 0.4) is 0 Å². The van der Waals surface area contributed by atoms with Crippen LogP contribution in [0.1, 0.15) is 46.1 Å². The van der Waals surface area contributed by atoms with Crippen LogP contribution in [0.2, 0.25) is 0 Å². The molecule has 0 spiro atoms. The molecular formula is C21H30N4O6. The van der Waals surface area contributed by atoms with Gasteiger partial charge in [-0.2, -0.15) is 0 Å². The van der Waals surface area contributed by atoms with Crippen molar-refractivity contribution in [3.8, 4) is 0 Å². The molecule has 1 fully saturated rings. The lowest BCUT2D eigenvalue weighted by Crippen LogP contribution is -2.55. The highest BCUT2D eigenvalue weighted by molar-refractivity contribution is 5.92. The first-order chi connectivity index (χ1) is 14.6. The van der Waals surface area contributed by atoms with Gasteiger partial charge in [-0.1, -0.05) is 30.3 Å². The molecular weight excluding hydrogens is 404 g/mol. The normalized spacial score (nSPS) is 16.8. The number of hydrogen-bond acceptors (Lipinski definition) is 6. The third-order valence-corrected chi connectivity index (χ3v) is 4.44. The van der Waals surface area contributed by atoms with Crippen molar-refractivity contribution >= 4 is 24.0 Å². The molecule has 1 aromatic rings. The van der Waals surface area contributed by atoms with Crippen LogP contribution in [0.5, 0.6) is 0 Å². The van der Waals surface area contributed by atoms with Gasteiger partial charge in [0.15, 0.2) is 0 Å². The lowest BCUT2D eigenvalue weighted by molar-refractivity contribution is -0.139. The molecule has 2 atom stereocenters. The third kappa shape index (κ3) is 7.80. The summed E-state index contributed by atoms with van der Waals surface area (Å²) in [7, 11) is 0. The maximum atomic E-state index is 12.8. The van der Waals surface area contributed by atoms with Crippen molar-refractivity contribution in [2.75, 3.05) is 6.54 Å². The summed E-state index contributed by atoms with van der Waals surface area (Å²) in [5.74, 6) is -0.942. The van der Waals surface area contributed by atoms with Crippen molar-refractivity contribution in [2.24, 2.45) is 0 Å².